The maximum atomic E-state index is 11.0. The van der Waals surface area contributed by atoms with E-state index in [-0.39, 0.29) is 5.60 Å². The Morgan fingerprint density at radius 1 is 1.16 bits per heavy atom. The van der Waals surface area contributed by atoms with E-state index >= 15 is 0 Å². The Bertz CT molecular complexity index is 471. The molecular formula is C19H32N2O4. The molecule has 0 radical (unpaired) electrons. The molecule has 0 aliphatic heterocycles. The highest BCUT2D eigenvalue weighted by molar-refractivity contribution is 5.55. The zero-order chi connectivity index (χ0) is 18.5. The number of rotatable bonds is 13. The molecular weight excluding hydrogens is 320 g/mol. The van der Waals surface area contributed by atoms with Crippen molar-refractivity contribution in [1.29, 1.82) is 0 Å². The zero-order valence-corrected chi connectivity index (χ0v) is 15.6. The average Bonchev–Trinajstić information content (AvgIpc) is 2.57. The second kappa shape index (κ2) is 12.0. The fraction of sp³-hybridized carbons (Fsp3) is 0.632. The molecule has 6 nitrogen and oxygen atoms in total. The molecule has 1 atom stereocenters. The number of aryl methyl sites for hydroxylation is 1. The van der Waals surface area contributed by atoms with Gasteiger partial charge in [0.05, 0.1) is 12.2 Å². The van der Waals surface area contributed by atoms with Gasteiger partial charge in [-0.2, -0.15) is 0 Å². The number of carbonyl (C=O) groups is 1. The van der Waals surface area contributed by atoms with Crippen LogP contribution in [0.2, 0.25) is 0 Å². The van der Waals surface area contributed by atoms with E-state index in [1.165, 1.54) is 5.56 Å². The molecule has 0 aromatic heterocycles. The summed E-state index contributed by atoms with van der Waals surface area (Å²) in [5.74, 6) is 0.874. The molecule has 0 heterocycles. The summed E-state index contributed by atoms with van der Waals surface area (Å²) in [5.41, 5.74) is 8.69. The van der Waals surface area contributed by atoms with Crippen LogP contribution in [0.5, 0.6) is 5.75 Å². The van der Waals surface area contributed by atoms with Crippen molar-refractivity contribution < 1.29 is 19.2 Å². The van der Waals surface area contributed by atoms with Gasteiger partial charge in [0, 0.05) is 0 Å². The zero-order valence-electron chi connectivity index (χ0n) is 15.6. The first-order valence-corrected chi connectivity index (χ1v) is 8.90. The van der Waals surface area contributed by atoms with Crippen LogP contribution in [-0.2, 0) is 20.9 Å². The van der Waals surface area contributed by atoms with Crippen molar-refractivity contribution in [3.8, 4) is 5.75 Å². The average molecular weight is 352 g/mol. The lowest BCUT2D eigenvalue weighted by Crippen LogP contribution is -2.33. The van der Waals surface area contributed by atoms with Gasteiger partial charge < -0.3 is 15.3 Å². The molecule has 6 heteroatoms. The molecule has 0 amide bonds. The summed E-state index contributed by atoms with van der Waals surface area (Å²) < 4.78 is 5.65. The van der Waals surface area contributed by atoms with Gasteiger partial charge in [0.2, 0.25) is 0 Å². The molecule has 3 N–H and O–H groups in total. The second-order valence-corrected chi connectivity index (χ2v) is 6.97. The monoisotopic (exact) mass is 352 g/mol. The minimum Gasteiger partial charge on any atom is -0.494 e. The second-order valence-electron chi connectivity index (χ2n) is 6.97. The van der Waals surface area contributed by atoms with Crippen molar-refractivity contribution in [2.75, 3.05) is 13.2 Å². The Kier molecular flexibility index (Phi) is 10.3. The minimum absolute atomic E-state index is 0.373. The molecule has 25 heavy (non-hydrogen) atoms. The predicted octanol–water partition coefficient (Wildman–Crippen LogP) is 2.95. The van der Waals surface area contributed by atoms with Crippen LogP contribution in [0, 0.1) is 0 Å². The number of carbonyl (C=O) groups excluding carboxylic acids is 1. The van der Waals surface area contributed by atoms with Crippen LogP contribution in [-0.4, -0.2) is 31.1 Å². The fourth-order valence-electron chi connectivity index (χ4n) is 2.06. The lowest BCUT2D eigenvalue weighted by Gasteiger charge is -2.20. The van der Waals surface area contributed by atoms with Gasteiger partial charge in [-0.25, -0.2) is 0 Å². The van der Waals surface area contributed by atoms with E-state index in [0.717, 1.165) is 37.7 Å². The number of nitrogens with two attached hydrogens (primary N) is 1. The van der Waals surface area contributed by atoms with Gasteiger partial charge in [0.25, 0.3) is 0 Å². The first-order valence-electron chi connectivity index (χ1n) is 8.90. The van der Waals surface area contributed by atoms with Gasteiger partial charge in [-0.1, -0.05) is 17.8 Å². The van der Waals surface area contributed by atoms with Crippen molar-refractivity contribution >= 4 is 6.29 Å². The van der Waals surface area contributed by atoms with Gasteiger partial charge >= 0.3 is 0 Å². The molecule has 142 valence electrons. The Labute approximate surface area is 150 Å². The molecule has 1 rings (SSSR count). The van der Waals surface area contributed by atoms with Crippen LogP contribution < -0.4 is 16.1 Å². The van der Waals surface area contributed by atoms with E-state index in [2.05, 4.69) is 17.8 Å². The van der Waals surface area contributed by atoms with Crippen LogP contribution in [0.3, 0.4) is 0 Å². The fourth-order valence-corrected chi connectivity index (χ4v) is 2.06. The molecule has 0 spiro atoms. The van der Waals surface area contributed by atoms with E-state index < -0.39 is 6.10 Å². The molecule has 0 aliphatic carbocycles. The summed E-state index contributed by atoms with van der Waals surface area (Å²) >= 11 is 0. The van der Waals surface area contributed by atoms with E-state index in [1.807, 2.05) is 32.9 Å². The lowest BCUT2D eigenvalue weighted by molar-refractivity contribution is -0.237. The number of ether oxygens (including phenoxy) is 1. The van der Waals surface area contributed by atoms with Gasteiger partial charge in [0.15, 0.2) is 6.29 Å². The quantitative estimate of drug-likeness (QED) is 0.323. The van der Waals surface area contributed by atoms with Gasteiger partial charge in [-0.3, -0.25) is 9.68 Å². The summed E-state index contributed by atoms with van der Waals surface area (Å²) in [6.45, 7) is 7.07. The van der Waals surface area contributed by atoms with E-state index in [9.17, 15) is 4.79 Å². The number of nitrogens with one attached hydrogen (secondary N) is 1. The highest BCUT2D eigenvalue weighted by Crippen LogP contribution is 2.15. The van der Waals surface area contributed by atoms with Crippen molar-refractivity contribution in [2.24, 2.45) is 5.73 Å². The Morgan fingerprint density at radius 3 is 2.48 bits per heavy atom. The summed E-state index contributed by atoms with van der Waals surface area (Å²) in [4.78, 5) is 21.5. The minimum atomic E-state index is -0.521. The smallest absolute Gasteiger partial charge is 0.150 e. The topological polar surface area (TPSA) is 82.8 Å². The normalized spacial score (nSPS) is 12.8. The molecule has 0 bridgehead atoms. The van der Waals surface area contributed by atoms with Crippen LogP contribution in [0.15, 0.2) is 24.3 Å². The number of hydrogen-bond donors (Lipinski definition) is 2. The SMILES string of the molecule is CC(C)(C)ONOC(C=O)CCCc1ccc(OCCCCN)cc1. The van der Waals surface area contributed by atoms with Crippen LogP contribution in [0.25, 0.3) is 0 Å². The van der Waals surface area contributed by atoms with Crippen molar-refractivity contribution in [2.45, 2.75) is 64.6 Å². The summed E-state index contributed by atoms with van der Waals surface area (Å²) in [7, 11) is 0. The molecule has 0 fully saturated rings. The Morgan fingerprint density at radius 2 is 1.88 bits per heavy atom. The molecule has 0 saturated heterocycles. The molecule has 1 unspecified atom stereocenters. The van der Waals surface area contributed by atoms with Crippen molar-refractivity contribution in [1.82, 2.24) is 5.64 Å². The predicted molar refractivity (Wildman–Crippen MR) is 98.1 cm³/mol. The Balaban J connectivity index is 2.24. The third-order valence-electron chi connectivity index (χ3n) is 3.44. The first-order chi connectivity index (χ1) is 11.9. The third-order valence-corrected chi connectivity index (χ3v) is 3.44. The van der Waals surface area contributed by atoms with Crippen LogP contribution >= 0.6 is 0 Å². The summed E-state index contributed by atoms with van der Waals surface area (Å²) in [5, 5.41) is 0. The van der Waals surface area contributed by atoms with E-state index in [1.54, 1.807) is 0 Å². The third kappa shape index (κ3) is 10.9. The number of benzene rings is 1. The van der Waals surface area contributed by atoms with Crippen LogP contribution in [0.4, 0.5) is 0 Å². The van der Waals surface area contributed by atoms with Crippen LogP contribution in [0.1, 0.15) is 52.0 Å². The molecule has 0 aliphatic rings. The maximum absolute atomic E-state index is 11.0. The first kappa shape index (κ1) is 21.6. The number of aldehydes is 1. The molecule has 1 aromatic rings. The van der Waals surface area contributed by atoms with Gasteiger partial charge in [-0.05, 0) is 77.1 Å². The van der Waals surface area contributed by atoms with Crippen molar-refractivity contribution in [3.63, 3.8) is 0 Å². The molecule has 1 aromatic carbocycles. The van der Waals surface area contributed by atoms with Crippen molar-refractivity contribution in [3.05, 3.63) is 29.8 Å². The van der Waals surface area contributed by atoms with E-state index in [0.29, 0.717) is 19.6 Å². The summed E-state index contributed by atoms with van der Waals surface area (Å²) in [6.07, 6.45) is 4.57. The lowest BCUT2D eigenvalue weighted by atomic mass is 10.1. The molecule has 0 saturated carbocycles. The number of unbranched alkanes of at least 4 members (excludes halogenated alkanes) is 1. The largest absolute Gasteiger partial charge is 0.494 e. The standard InChI is InChI=1S/C19H32N2O4/c1-19(2,3)25-21-24-18(15-22)8-6-7-16-9-11-17(12-10-16)23-14-5-4-13-20/h9-12,15,18,21H,4-8,13-14,20H2,1-3H3. The van der Waals surface area contributed by atoms with Gasteiger partial charge in [0.1, 0.15) is 11.9 Å². The Hall–Kier alpha value is -1.47. The maximum Gasteiger partial charge on any atom is 0.150 e. The number of hydrogen-bond acceptors (Lipinski definition) is 6. The highest BCUT2D eigenvalue weighted by Gasteiger charge is 2.13. The summed E-state index contributed by atoms with van der Waals surface area (Å²) in [6, 6.07) is 8.06. The highest BCUT2D eigenvalue weighted by atomic mass is 16.9. The van der Waals surface area contributed by atoms with Gasteiger partial charge in [-0.15, -0.1) is 0 Å². The van der Waals surface area contributed by atoms with E-state index in [4.69, 9.17) is 20.1 Å².